The van der Waals surface area contributed by atoms with Gasteiger partial charge in [-0.05, 0) is 30.2 Å². The number of amides is 1. The van der Waals surface area contributed by atoms with E-state index < -0.39 is 23.1 Å². The summed E-state index contributed by atoms with van der Waals surface area (Å²) in [6.07, 6.45) is 0. The van der Waals surface area contributed by atoms with Crippen LogP contribution in [0.25, 0.3) is 0 Å². The number of nitrogen functional groups attached to an aromatic ring is 1. The summed E-state index contributed by atoms with van der Waals surface area (Å²) in [6.45, 7) is 1.67. The lowest BCUT2D eigenvalue weighted by molar-refractivity contribution is 0.0775. The van der Waals surface area contributed by atoms with Crippen molar-refractivity contribution in [2.45, 2.75) is 13.5 Å². The average molecular weight is 290 g/mol. The van der Waals surface area contributed by atoms with Gasteiger partial charge < -0.3 is 10.6 Å². The molecule has 0 fully saturated rings. The summed E-state index contributed by atoms with van der Waals surface area (Å²) in [6, 6.07) is 9.44. The first-order valence-corrected chi connectivity index (χ1v) is 6.45. The maximum Gasteiger partial charge on any atom is 0.259 e. The molecular weight excluding hydrogens is 274 g/mol. The highest BCUT2D eigenvalue weighted by Gasteiger charge is 2.22. The van der Waals surface area contributed by atoms with E-state index in [-0.39, 0.29) is 12.1 Å². The number of carbonyl (C=O) groups excluding carboxylic acids is 1. The minimum Gasteiger partial charge on any atom is -0.398 e. The van der Waals surface area contributed by atoms with Crippen LogP contribution in [0.1, 0.15) is 21.5 Å². The molecule has 0 atom stereocenters. The zero-order chi connectivity index (χ0) is 15.6. The van der Waals surface area contributed by atoms with E-state index in [1.54, 1.807) is 24.3 Å². The van der Waals surface area contributed by atoms with E-state index in [2.05, 4.69) is 0 Å². The number of benzene rings is 2. The second-order valence-electron chi connectivity index (χ2n) is 4.91. The first-order chi connectivity index (χ1) is 9.91. The Morgan fingerprint density at radius 3 is 2.52 bits per heavy atom. The van der Waals surface area contributed by atoms with Gasteiger partial charge in [0.2, 0.25) is 0 Å². The standard InChI is InChI=1S/C16H16F2N2O/c1-10-7-8-12(17)14(15(10)18)16(21)20(2)9-11-5-3-4-6-13(11)19/h3-8H,9,19H2,1-2H3. The molecule has 21 heavy (non-hydrogen) atoms. The molecule has 0 saturated carbocycles. The van der Waals surface area contributed by atoms with Gasteiger partial charge in [-0.15, -0.1) is 0 Å². The van der Waals surface area contributed by atoms with Crippen LogP contribution in [0, 0.1) is 18.6 Å². The van der Waals surface area contributed by atoms with E-state index in [4.69, 9.17) is 5.73 Å². The van der Waals surface area contributed by atoms with Crippen LogP contribution in [0.3, 0.4) is 0 Å². The Bertz CT molecular complexity index is 686. The van der Waals surface area contributed by atoms with E-state index in [1.807, 2.05) is 0 Å². The Labute approximate surface area is 122 Å². The molecule has 110 valence electrons. The Hall–Kier alpha value is -2.43. The molecule has 2 rings (SSSR count). The normalized spacial score (nSPS) is 10.5. The quantitative estimate of drug-likeness (QED) is 0.883. The van der Waals surface area contributed by atoms with E-state index in [0.717, 1.165) is 11.6 Å². The fourth-order valence-electron chi connectivity index (χ4n) is 2.05. The third-order valence-electron chi connectivity index (χ3n) is 3.31. The maximum absolute atomic E-state index is 14.0. The van der Waals surface area contributed by atoms with E-state index in [0.29, 0.717) is 5.69 Å². The average Bonchev–Trinajstić information content (AvgIpc) is 2.45. The number of para-hydroxylation sites is 1. The zero-order valence-corrected chi connectivity index (χ0v) is 11.9. The monoisotopic (exact) mass is 290 g/mol. The van der Waals surface area contributed by atoms with Crippen molar-refractivity contribution in [3.63, 3.8) is 0 Å². The van der Waals surface area contributed by atoms with Crippen molar-refractivity contribution < 1.29 is 13.6 Å². The summed E-state index contributed by atoms with van der Waals surface area (Å²) in [4.78, 5) is 13.5. The third-order valence-corrected chi connectivity index (χ3v) is 3.31. The number of nitrogens with zero attached hydrogens (tertiary/aromatic N) is 1. The second kappa shape index (κ2) is 5.91. The van der Waals surface area contributed by atoms with E-state index in [1.165, 1.54) is 24.9 Å². The Morgan fingerprint density at radius 2 is 1.86 bits per heavy atom. The minimum atomic E-state index is -0.865. The fraction of sp³-hybridized carbons (Fsp3) is 0.188. The molecule has 0 saturated heterocycles. The molecule has 0 aliphatic carbocycles. The molecule has 0 heterocycles. The minimum absolute atomic E-state index is 0.179. The second-order valence-corrected chi connectivity index (χ2v) is 4.91. The molecule has 3 nitrogen and oxygen atoms in total. The largest absolute Gasteiger partial charge is 0.398 e. The molecule has 2 aromatic carbocycles. The number of anilines is 1. The van der Waals surface area contributed by atoms with Gasteiger partial charge in [-0.3, -0.25) is 4.79 Å². The van der Waals surface area contributed by atoms with Crippen molar-refractivity contribution in [1.29, 1.82) is 0 Å². The number of halogens is 2. The summed E-state index contributed by atoms with van der Waals surface area (Å²) in [5, 5.41) is 0. The molecule has 1 amide bonds. The zero-order valence-electron chi connectivity index (χ0n) is 11.9. The molecule has 0 unspecified atom stereocenters. The topological polar surface area (TPSA) is 46.3 Å². The summed E-state index contributed by atoms with van der Waals surface area (Å²) in [7, 11) is 1.48. The SMILES string of the molecule is Cc1ccc(F)c(C(=O)N(C)Cc2ccccc2N)c1F. The number of aryl methyl sites for hydroxylation is 1. The molecule has 0 spiro atoms. The molecule has 2 N–H and O–H groups in total. The summed E-state index contributed by atoms with van der Waals surface area (Å²) < 4.78 is 27.7. The van der Waals surface area contributed by atoms with Crippen molar-refractivity contribution in [3.05, 3.63) is 64.7 Å². The predicted octanol–water partition coefficient (Wildman–Crippen LogP) is 3.13. The van der Waals surface area contributed by atoms with Gasteiger partial charge >= 0.3 is 0 Å². The van der Waals surface area contributed by atoms with Gasteiger partial charge in [-0.2, -0.15) is 0 Å². The highest BCUT2D eigenvalue weighted by molar-refractivity contribution is 5.94. The lowest BCUT2D eigenvalue weighted by Gasteiger charge is -2.19. The molecule has 2 aromatic rings. The van der Waals surface area contributed by atoms with Crippen molar-refractivity contribution in [1.82, 2.24) is 4.90 Å². The molecule has 0 radical (unpaired) electrons. The number of hydrogen-bond donors (Lipinski definition) is 1. The Balaban J connectivity index is 2.29. The maximum atomic E-state index is 14.0. The molecule has 0 aromatic heterocycles. The molecule has 0 bridgehead atoms. The number of hydrogen-bond acceptors (Lipinski definition) is 2. The van der Waals surface area contributed by atoms with Crippen LogP contribution in [0.4, 0.5) is 14.5 Å². The molecular formula is C16H16F2N2O. The number of carbonyl (C=O) groups is 1. The smallest absolute Gasteiger partial charge is 0.259 e. The van der Waals surface area contributed by atoms with Crippen molar-refractivity contribution in [3.8, 4) is 0 Å². The van der Waals surface area contributed by atoms with Gasteiger partial charge in [0, 0.05) is 19.3 Å². The van der Waals surface area contributed by atoms with Crippen LogP contribution in [-0.2, 0) is 6.54 Å². The first-order valence-electron chi connectivity index (χ1n) is 6.45. The van der Waals surface area contributed by atoms with Gasteiger partial charge in [0.25, 0.3) is 5.91 Å². The Morgan fingerprint density at radius 1 is 1.19 bits per heavy atom. The van der Waals surface area contributed by atoms with Gasteiger partial charge in [-0.1, -0.05) is 24.3 Å². The summed E-state index contributed by atoms with van der Waals surface area (Å²) >= 11 is 0. The van der Waals surface area contributed by atoms with E-state index in [9.17, 15) is 13.6 Å². The fourth-order valence-corrected chi connectivity index (χ4v) is 2.05. The Kier molecular flexibility index (Phi) is 4.21. The highest BCUT2D eigenvalue weighted by Crippen LogP contribution is 2.20. The van der Waals surface area contributed by atoms with Gasteiger partial charge in [0.05, 0.1) is 0 Å². The van der Waals surface area contributed by atoms with Crippen LogP contribution in [0.5, 0.6) is 0 Å². The van der Waals surface area contributed by atoms with Gasteiger partial charge in [0.15, 0.2) is 0 Å². The van der Waals surface area contributed by atoms with Gasteiger partial charge in [-0.25, -0.2) is 8.78 Å². The lowest BCUT2D eigenvalue weighted by atomic mass is 10.1. The van der Waals surface area contributed by atoms with E-state index >= 15 is 0 Å². The van der Waals surface area contributed by atoms with Crippen molar-refractivity contribution >= 4 is 11.6 Å². The molecule has 0 aliphatic rings. The lowest BCUT2D eigenvalue weighted by Crippen LogP contribution is -2.28. The highest BCUT2D eigenvalue weighted by atomic mass is 19.1. The first kappa shape index (κ1) is 15.0. The van der Waals surface area contributed by atoms with Crippen LogP contribution < -0.4 is 5.73 Å². The summed E-state index contributed by atoms with van der Waals surface area (Å²) in [5.74, 6) is -2.40. The number of nitrogens with two attached hydrogens (primary N) is 1. The van der Waals surface area contributed by atoms with Gasteiger partial charge in [0.1, 0.15) is 17.2 Å². The molecule has 0 aliphatic heterocycles. The van der Waals surface area contributed by atoms with Crippen molar-refractivity contribution in [2.24, 2.45) is 0 Å². The summed E-state index contributed by atoms with van der Waals surface area (Å²) in [5.41, 5.74) is 6.75. The predicted molar refractivity (Wildman–Crippen MR) is 77.7 cm³/mol. The van der Waals surface area contributed by atoms with Crippen molar-refractivity contribution in [2.75, 3.05) is 12.8 Å². The third kappa shape index (κ3) is 3.02. The molecule has 5 heteroatoms. The van der Waals surface area contributed by atoms with Crippen LogP contribution in [-0.4, -0.2) is 17.9 Å². The number of rotatable bonds is 3. The van der Waals surface area contributed by atoms with Crippen LogP contribution in [0.2, 0.25) is 0 Å². The van der Waals surface area contributed by atoms with Crippen LogP contribution >= 0.6 is 0 Å². The van der Waals surface area contributed by atoms with Crippen LogP contribution in [0.15, 0.2) is 36.4 Å².